The second-order valence-electron chi connectivity index (χ2n) is 4.37. The second-order valence-corrected chi connectivity index (χ2v) is 4.96. The van der Waals surface area contributed by atoms with Crippen molar-refractivity contribution in [2.75, 3.05) is 0 Å². The van der Waals surface area contributed by atoms with Crippen molar-refractivity contribution < 1.29 is 0 Å². The standard InChI is InChI=1S/C13H12ClNS/c1-13(2,3)7-6-10-4-5-11(15-9-16)8-12(10)14/h4-5,8H,1-3H3. The van der Waals surface area contributed by atoms with Crippen LogP contribution < -0.4 is 0 Å². The predicted octanol–water partition coefficient (Wildman–Crippen LogP) is 4.47. The van der Waals surface area contributed by atoms with Crippen LogP contribution in [0.2, 0.25) is 5.02 Å². The molecule has 0 fully saturated rings. The summed E-state index contributed by atoms with van der Waals surface area (Å²) in [5, 5.41) is 2.89. The lowest BCUT2D eigenvalue weighted by molar-refractivity contribution is 0.571. The van der Waals surface area contributed by atoms with Crippen molar-refractivity contribution >= 4 is 34.7 Å². The molecule has 1 aromatic rings. The number of benzene rings is 1. The molecule has 0 bridgehead atoms. The van der Waals surface area contributed by atoms with Crippen LogP contribution in [0.5, 0.6) is 0 Å². The fraction of sp³-hybridized carbons (Fsp3) is 0.308. The smallest absolute Gasteiger partial charge is 0.0755 e. The lowest BCUT2D eigenvalue weighted by Crippen LogP contribution is -1.99. The van der Waals surface area contributed by atoms with E-state index < -0.39 is 0 Å². The number of hydrogen-bond acceptors (Lipinski definition) is 2. The molecule has 0 atom stereocenters. The maximum absolute atomic E-state index is 6.07. The molecule has 0 N–H and O–H groups in total. The molecule has 1 nitrogen and oxygen atoms in total. The van der Waals surface area contributed by atoms with Gasteiger partial charge in [0, 0.05) is 11.0 Å². The number of hydrogen-bond donors (Lipinski definition) is 0. The van der Waals surface area contributed by atoms with Crippen molar-refractivity contribution in [1.29, 1.82) is 0 Å². The minimum atomic E-state index is -0.0332. The maximum Gasteiger partial charge on any atom is 0.0755 e. The van der Waals surface area contributed by atoms with Crippen LogP contribution in [0.3, 0.4) is 0 Å². The minimum absolute atomic E-state index is 0.0332. The molecular formula is C13H12ClNS. The first-order chi connectivity index (χ1) is 7.42. The Labute approximate surface area is 107 Å². The van der Waals surface area contributed by atoms with E-state index >= 15 is 0 Å². The fourth-order valence-corrected chi connectivity index (χ4v) is 1.31. The Morgan fingerprint density at radius 1 is 1.31 bits per heavy atom. The van der Waals surface area contributed by atoms with Crippen LogP contribution in [0.1, 0.15) is 26.3 Å². The van der Waals surface area contributed by atoms with E-state index in [1.165, 1.54) is 0 Å². The Hall–Kier alpha value is -1.13. The third kappa shape index (κ3) is 4.16. The van der Waals surface area contributed by atoms with Gasteiger partial charge in [-0.3, -0.25) is 0 Å². The van der Waals surface area contributed by atoms with Gasteiger partial charge in [0.1, 0.15) is 0 Å². The number of isothiocyanates is 1. The molecule has 16 heavy (non-hydrogen) atoms. The van der Waals surface area contributed by atoms with E-state index in [-0.39, 0.29) is 5.41 Å². The van der Waals surface area contributed by atoms with E-state index in [1.54, 1.807) is 6.07 Å². The molecule has 0 aliphatic carbocycles. The molecule has 0 saturated carbocycles. The quantitative estimate of drug-likeness (QED) is 0.406. The van der Waals surface area contributed by atoms with Crippen LogP contribution in [0.4, 0.5) is 5.69 Å². The first kappa shape index (κ1) is 12.9. The molecule has 0 aromatic heterocycles. The molecule has 0 amide bonds. The molecule has 0 unspecified atom stereocenters. The highest BCUT2D eigenvalue weighted by Gasteiger charge is 2.04. The van der Waals surface area contributed by atoms with Gasteiger partial charge in [-0.05, 0) is 51.2 Å². The van der Waals surface area contributed by atoms with Gasteiger partial charge >= 0.3 is 0 Å². The van der Waals surface area contributed by atoms with Gasteiger partial charge in [-0.15, -0.1) is 0 Å². The minimum Gasteiger partial charge on any atom is -0.195 e. The van der Waals surface area contributed by atoms with Gasteiger partial charge in [0.05, 0.1) is 15.9 Å². The molecule has 0 aliphatic rings. The van der Waals surface area contributed by atoms with Crippen LogP contribution >= 0.6 is 23.8 Å². The zero-order valence-electron chi connectivity index (χ0n) is 9.47. The summed E-state index contributed by atoms with van der Waals surface area (Å²) in [5.74, 6) is 6.18. The third-order valence-corrected chi connectivity index (χ3v) is 2.10. The van der Waals surface area contributed by atoms with E-state index in [0.29, 0.717) is 10.7 Å². The number of halogens is 1. The zero-order chi connectivity index (χ0) is 12.2. The molecule has 0 spiro atoms. The molecule has 0 aliphatic heterocycles. The first-order valence-electron chi connectivity index (χ1n) is 4.83. The van der Waals surface area contributed by atoms with Crippen molar-refractivity contribution in [3.05, 3.63) is 28.8 Å². The summed E-state index contributed by atoms with van der Waals surface area (Å²) in [4.78, 5) is 3.85. The topological polar surface area (TPSA) is 12.4 Å². The van der Waals surface area contributed by atoms with Crippen molar-refractivity contribution in [2.45, 2.75) is 20.8 Å². The molecule has 0 saturated heterocycles. The Morgan fingerprint density at radius 2 is 2.00 bits per heavy atom. The van der Waals surface area contributed by atoms with Crippen LogP contribution in [-0.4, -0.2) is 5.16 Å². The molecule has 1 rings (SSSR count). The zero-order valence-corrected chi connectivity index (χ0v) is 11.0. The third-order valence-electron chi connectivity index (χ3n) is 1.70. The highest BCUT2D eigenvalue weighted by molar-refractivity contribution is 7.78. The van der Waals surface area contributed by atoms with Gasteiger partial charge in [-0.2, -0.15) is 4.99 Å². The Balaban J connectivity index is 3.08. The van der Waals surface area contributed by atoms with Gasteiger partial charge in [-0.1, -0.05) is 23.4 Å². The fourth-order valence-electron chi connectivity index (χ4n) is 0.982. The molecule has 3 heteroatoms. The van der Waals surface area contributed by atoms with Gasteiger partial charge < -0.3 is 0 Å². The maximum atomic E-state index is 6.07. The van der Waals surface area contributed by atoms with E-state index in [9.17, 15) is 0 Å². The summed E-state index contributed by atoms with van der Waals surface area (Å²) < 4.78 is 0. The van der Waals surface area contributed by atoms with Gasteiger partial charge in [0.25, 0.3) is 0 Å². The number of thiocarbonyl (C=S) groups is 1. The monoisotopic (exact) mass is 249 g/mol. The van der Waals surface area contributed by atoms with E-state index in [2.05, 4.69) is 55.0 Å². The van der Waals surface area contributed by atoms with Crippen LogP contribution in [0.25, 0.3) is 0 Å². The van der Waals surface area contributed by atoms with E-state index in [4.69, 9.17) is 11.6 Å². The van der Waals surface area contributed by atoms with Crippen LogP contribution in [0, 0.1) is 17.3 Å². The average Bonchev–Trinajstić information content (AvgIpc) is 2.15. The van der Waals surface area contributed by atoms with E-state index in [0.717, 1.165) is 5.56 Å². The molecule has 82 valence electrons. The van der Waals surface area contributed by atoms with Crippen molar-refractivity contribution in [3.8, 4) is 11.8 Å². The lowest BCUT2D eigenvalue weighted by Gasteiger charge is -2.07. The predicted molar refractivity (Wildman–Crippen MR) is 72.5 cm³/mol. The first-order valence-corrected chi connectivity index (χ1v) is 5.61. The summed E-state index contributed by atoms with van der Waals surface area (Å²) in [5.41, 5.74) is 1.47. The molecule has 1 aromatic carbocycles. The number of nitrogens with zero attached hydrogens (tertiary/aromatic N) is 1. The Bertz CT molecular complexity index is 497. The summed E-state index contributed by atoms with van der Waals surface area (Å²) in [6, 6.07) is 5.39. The number of aliphatic imine (C=N–C) groups is 1. The normalized spacial score (nSPS) is 10.0. The summed E-state index contributed by atoms with van der Waals surface area (Å²) in [6.07, 6.45) is 0. The van der Waals surface area contributed by atoms with E-state index in [1.807, 2.05) is 12.1 Å². The van der Waals surface area contributed by atoms with Crippen LogP contribution in [-0.2, 0) is 0 Å². The number of rotatable bonds is 1. The van der Waals surface area contributed by atoms with Gasteiger partial charge in [0.15, 0.2) is 0 Å². The molecular weight excluding hydrogens is 238 g/mol. The Kier molecular flexibility index (Phi) is 4.26. The van der Waals surface area contributed by atoms with Crippen LogP contribution in [0.15, 0.2) is 23.2 Å². The summed E-state index contributed by atoms with van der Waals surface area (Å²) in [6.45, 7) is 6.16. The highest BCUT2D eigenvalue weighted by atomic mass is 35.5. The second kappa shape index (κ2) is 5.27. The lowest BCUT2D eigenvalue weighted by atomic mass is 9.97. The molecule has 0 radical (unpaired) electrons. The average molecular weight is 250 g/mol. The Morgan fingerprint density at radius 3 is 2.50 bits per heavy atom. The summed E-state index contributed by atoms with van der Waals surface area (Å²) >= 11 is 10.6. The van der Waals surface area contributed by atoms with Gasteiger partial charge in [0.2, 0.25) is 0 Å². The molecule has 0 heterocycles. The van der Waals surface area contributed by atoms with Crippen molar-refractivity contribution in [3.63, 3.8) is 0 Å². The largest absolute Gasteiger partial charge is 0.195 e. The SMILES string of the molecule is CC(C)(C)C#Cc1ccc(N=C=S)cc1Cl. The summed E-state index contributed by atoms with van der Waals surface area (Å²) in [7, 11) is 0. The highest BCUT2D eigenvalue weighted by Crippen LogP contribution is 2.22. The van der Waals surface area contributed by atoms with Crippen molar-refractivity contribution in [1.82, 2.24) is 0 Å². The van der Waals surface area contributed by atoms with Crippen molar-refractivity contribution in [2.24, 2.45) is 10.4 Å². The van der Waals surface area contributed by atoms with Gasteiger partial charge in [-0.25, -0.2) is 0 Å².